The average Bonchev–Trinajstić information content (AvgIpc) is 2.60. The van der Waals surface area contributed by atoms with Crippen LogP contribution < -0.4 is 5.73 Å². The van der Waals surface area contributed by atoms with E-state index in [1.54, 1.807) is 0 Å². The summed E-state index contributed by atoms with van der Waals surface area (Å²) in [7, 11) is 2.03. The summed E-state index contributed by atoms with van der Waals surface area (Å²) in [4.78, 5) is 0. The molecule has 3 unspecified atom stereocenters. The zero-order valence-corrected chi connectivity index (χ0v) is 13.9. The van der Waals surface area contributed by atoms with E-state index >= 15 is 0 Å². The van der Waals surface area contributed by atoms with Gasteiger partial charge in [0, 0.05) is 13.1 Å². The topological polar surface area (TPSA) is 43.8 Å². The lowest BCUT2D eigenvalue weighted by atomic mass is 9.75. The van der Waals surface area contributed by atoms with Crippen LogP contribution in [-0.4, -0.2) is 15.8 Å². The maximum Gasteiger partial charge on any atom is 0.0738 e. The highest BCUT2D eigenvalue weighted by Crippen LogP contribution is 2.34. The number of rotatable bonds is 4. The normalized spacial score (nSPS) is 27.7. The van der Waals surface area contributed by atoms with Gasteiger partial charge in [-0.05, 0) is 60.4 Å². The maximum atomic E-state index is 6.35. The van der Waals surface area contributed by atoms with Crippen molar-refractivity contribution in [1.82, 2.24) is 9.78 Å². The molecule has 1 saturated carbocycles. The Kier molecular flexibility index (Phi) is 5.07. The van der Waals surface area contributed by atoms with Crippen LogP contribution in [-0.2, 0) is 13.5 Å². The number of aromatic nitrogens is 2. The first kappa shape index (κ1) is 15.0. The van der Waals surface area contributed by atoms with Gasteiger partial charge in [-0.25, -0.2) is 0 Å². The number of hydrogen-bond acceptors (Lipinski definition) is 2. The molecule has 3 atom stereocenters. The van der Waals surface area contributed by atoms with Crippen molar-refractivity contribution in [2.45, 2.75) is 58.4 Å². The SMILES string of the molecule is CCCC1CCC(N)C(Cc2c(Br)c(C)nn2C)C1. The van der Waals surface area contributed by atoms with Crippen molar-refractivity contribution in [2.24, 2.45) is 24.6 Å². The largest absolute Gasteiger partial charge is 0.327 e. The van der Waals surface area contributed by atoms with Gasteiger partial charge in [-0.1, -0.05) is 19.8 Å². The van der Waals surface area contributed by atoms with Gasteiger partial charge in [-0.15, -0.1) is 0 Å². The van der Waals surface area contributed by atoms with E-state index in [-0.39, 0.29) is 0 Å². The van der Waals surface area contributed by atoms with Crippen LogP contribution in [0.15, 0.2) is 4.47 Å². The fraction of sp³-hybridized carbons (Fsp3) is 0.800. The minimum atomic E-state index is 0.357. The van der Waals surface area contributed by atoms with Crippen molar-refractivity contribution in [2.75, 3.05) is 0 Å². The molecular weight excluding hydrogens is 302 g/mol. The Morgan fingerprint density at radius 2 is 2.16 bits per heavy atom. The fourth-order valence-electron chi connectivity index (χ4n) is 3.44. The molecule has 1 aliphatic carbocycles. The van der Waals surface area contributed by atoms with E-state index in [0.717, 1.165) is 18.0 Å². The molecule has 19 heavy (non-hydrogen) atoms. The first-order valence-corrected chi connectivity index (χ1v) is 8.25. The van der Waals surface area contributed by atoms with Crippen LogP contribution in [0.1, 0.15) is 50.4 Å². The molecule has 2 rings (SSSR count). The first-order valence-electron chi connectivity index (χ1n) is 7.46. The van der Waals surface area contributed by atoms with Gasteiger partial charge < -0.3 is 5.73 Å². The minimum absolute atomic E-state index is 0.357. The quantitative estimate of drug-likeness (QED) is 0.918. The molecule has 0 spiro atoms. The van der Waals surface area contributed by atoms with Gasteiger partial charge in [0.05, 0.1) is 15.9 Å². The Morgan fingerprint density at radius 3 is 2.74 bits per heavy atom. The summed E-state index contributed by atoms with van der Waals surface area (Å²) in [5, 5.41) is 4.49. The van der Waals surface area contributed by atoms with Gasteiger partial charge in [0.15, 0.2) is 0 Å². The highest BCUT2D eigenvalue weighted by atomic mass is 79.9. The van der Waals surface area contributed by atoms with Crippen molar-refractivity contribution in [3.8, 4) is 0 Å². The zero-order chi connectivity index (χ0) is 14.0. The second-order valence-electron chi connectivity index (χ2n) is 6.07. The summed E-state index contributed by atoms with van der Waals surface area (Å²) in [5.41, 5.74) is 8.72. The molecule has 0 aromatic carbocycles. The number of halogens is 1. The van der Waals surface area contributed by atoms with E-state index < -0.39 is 0 Å². The van der Waals surface area contributed by atoms with E-state index in [9.17, 15) is 0 Å². The Bertz CT molecular complexity index is 427. The molecule has 2 N–H and O–H groups in total. The molecule has 0 radical (unpaired) electrons. The van der Waals surface area contributed by atoms with Gasteiger partial charge in [-0.2, -0.15) is 5.10 Å². The van der Waals surface area contributed by atoms with E-state index in [4.69, 9.17) is 5.73 Å². The fourth-order valence-corrected chi connectivity index (χ4v) is 3.94. The Labute approximate surface area is 125 Å². The molecule has 1 heterocycles. The Morgan fingerprint density at radius 1 is 1.42 bits per heavy atom. The lowest BCUT2D eigenvalue weighted by Gasteiger charge is -2.34. The Hall–Kier alpha value is -0.350. The van der Waals surface area contributed by atoms with Crippen molar-refractivity contribution < 1.29 is 0 Å². The lowest BCUT2D eigenvalue weighted by Crippen LogP contribution is -2.37. The highest BCUT2D eigenvalue weighted by molar-refractivity contribution is 9.10. The van der Waals surface area contributed by atoms with Crippen molar-refractivity contribution in [1.29, 1.82) is 0 Å². The molecule has 1 aromatic heterocycles. The molecule has 4 heteroatoms. The number of aryl methyl sites for hydroxylation is 2. The molecule has 0 aliphatic heterocycles. The van der Waals surface area contributed by atoms with Crippen molar-refractivity contribution in [3.63, 3.8) is 0 Å². The molecule has 0 saturated heterocycles. The van der Waals surface area contributed by atoms with Gasteiger partial charge in [0.1, 0.15) is 0 Å². The first-order chi connectivity index (χ1) is 9.02. The summed E-state index contributed by atoms with van der Waals surface area (Å²) in [6, 6.07) is 0.357. The molecular formula is C15H26BrN3. The zero-order valence-electron chi connectivity index (χ0n) is 12.3. The van der Waals surface area contributed by atoms with Crippen LogP contribution in [0.2, 0.25) is 0 Å². The van der Waals surface area contributed by atoms with E-state index in [0.29, 0.717) is 12.0 Å². The van der Waals surface area contributed by atoms with E-state index in [1.807, 2.05) is 18.7 Å². The summed E-state index contributed by atoms with van der Waals surface area (Å²) in [6.45, 7) is 4.33. The van der Waals surface area contributed by atoms with Crippen molar-refractivity contribution in [3.05, 3.63) is 15.9 Å². The van der Waals surface area contributed by atoms with Gasteiger partial charge in [0.2, 0.25) is 0 Å². The summed E-state index contributed by atoms with van der Waals surface area (Å²) in [6.07, 6.45) is 7.49. The van der Waals surface area contributed by atoms with Crippen LogP contribution in [0.4, 0.5) is 0 Å². The van der Waals surface area contributed by atoms with Crippen LogP contribution in [0.25, 0.3) is 0 Å². The smallest absolute Gasteiger partial charge is 0.0738 e. The van der Waals surface area contributed by atoms with Gasteiger partial charge in [0.25, 0.3) is 0 Å². The van der Waals surface area contributed by atoms with Gasteiger partial charge in [-0.3, -0.25) is 4.68 Å². The molecule has 1 aromatic rings. The lowest BCUT2D eigenvalue weighted by molar-refractivity contribution is 0.219. The molecule has 108 valence electrons. The molecule has 1 fully saturated rings. The maximum absolute atomic E-state index is 6.35. The number of hydrogen-bond donors (Lipinski definition) is 1. The monoisotopic (exact) mass is 327 g/mol. The van der Waals surface area contributed by atoms with Gasteiger partial charge >= 0.3 is 0 Å². The second-order valence-corrected chi connectivity index (χ2v) is 6.86. The van der Waals surface area contributed by atoms with Crippen LogP contribution in [0.3, 0.4) is 0 Å². The van der Waals surface area contributed by atoms with E-state index in [2.05, 4.69) is 28.0 Å². The third-order valence-electron chi connectivity index (χ3n) is 4.56. The molecule has 0 bridgehead atoms. The van der Waals surface area contributed by atoms with Crippen LogP contribution in [0, 0.1) is 18.8 Å². The third-order valence-corrected chi connectivity index (χ3v) is 5.60. The average molecular weight is 328 g/mol. The van der Waals surface area contributed by atoms with Crippen LogP contribution >= 0.6 is 15.9 Å². The van der Waals surface area contributed by atoms with Crippen molar-refractivity contribution >= 4 is 15.9 Å². The third kappa shape index (κ3) is 3.40. The summed E-state index contributed by atoms with van der Waals surface area (Å²) in [5.74, 6) is 1.49. The molecule has 0 amide bonds. The molecule has 3 nitrogen and oxygen atoms in total. The van der Waals surface area contributed by atoms with E-state index in [1.165, 1.54) is 42.3 Å². The molecule has 1 aliphatic rings. The number of nitrogens with zero attached hydrogens (tertiary/aromatic N) is 2. The standard InChI is InChI=1S/C15H26BrN3/c1-4-5-11-6-7-13(17)12(8-11)9-14-15(16)10(2)18-19(14)3/h11-13H,4-9,17H2,1-3H3. The number of nitrogens with two attached hydrogens (primary N) is 1. The predicted molar refractivity (Wildman–Crippen MR) is 83.1 cm³/mol. The Balaban J connectivity index is 2.07. The summed E-state index contributed by atoms with van der Waals surface area (Å²) < 4.78 is 3.18. The second kappa shape index (κ2) is 6.40. The summed E-state index contributed by atoms with van der Waals surface area (Å²) >= 11 is 3.67. The highest BCUT2D eigenvalue weighted by Gasteiger charge is 2.29. The van der Waals surface area contributed by atoms with Crippen LogP contribution in [0.5, 0.6) is 0 Å². The predicted octanol–water partition coefficient (Wildman–Crippen LogP) is 3.58. The minimum Gasteiger partial charge on any atom is -0.327 e.